The van der Waals surface area contributed by atoms with Gasteiger partial charge in [0, 0.05) is 18.8 Å². The molecule has 1 amide bonds. The smallest absolute Gasteiger partial charge is 0.338 e. The van der Waals surface area contributed by atoms with Gasteiger partial charge in [0.15, 0.2) is 20.6 Å². The molecule has 1 aliphatic heterocycles. The number of pyridine rings is 1. The van der Waals surface area contributed by atoms with Crippen LogP contribution in [0.2, 0.25) is 5.02 Å². The van der Waals surface area contributed by atoms with Crippen molar-refractivity contribution in [2.45, 2.75) is 42.9 Å². The standard InChI is InChI=1S/C16H18ClF3N4O3S2/c1-3-23(11-4-5-29(26,27)8-11)14(25)9(2)28-15-22-21-13-12(17)6-10(7-24(13)15)16(18,19)20/h6-7,9,11H,3-5,8H2,1-2H3/t9-,11+/m0/s1. The molecule has 0 saturated carbocycles. The van der Waals surface area contributed by atoms with Gasteiger partial charge in [0.05, 0.1) is 27.3 Å². The Morgan fingerprint density at radius 1 is 1.45 bits per heavy atom. The molecule has 0 N–H and O–H groups in total. The number of rotatable bonds is 5. The van der Waals surface area contributed by atoms with Crippen molar-refractivity contribution < 1.29 is 26.4 Å². The van der Waals surface area contributed by atoms with Crippen LogP contribution in [-0.2, 0) is 20.8 Å². The summed E-state index contributed by atoms with van der Waals surface area (Å²) in [5.41, 5.74) is -0.905. The number of fused-ring (bicyclic) bond motifs is 1. The quantitative estimate of drug-likeness (QED) is 0.625. The molecular weight excluding hydrogens is 453 g/mol. The Bertz CT molecular complexity index is 1040. The Balaban J connectivity index is 1.84. The van der Waals surface area contributed by atoms with Crippen LogP contribution in [0.5, 0.6) is 0 Å². The Morgan fingerprint density at radius 2 is 2.14 bits per heavy atom. The van der Waals surface area contributed by atoms with E-state index in [0.717, 1.165) is 28.4 Å². The second kappa shape index (κ2) is 7.95. The third-order valence-electron chi connectivity index (χ3n) is 4.66. The number of aromatic nitrogens is 3. The SMILES string of the molecule is CCN(C(=O)[C@H](C)Sc1nnc2c(Cl)cc(C(F)(F)F)cn12)[C@@H]1CCS(=O)(=O)C1. The van der Waals surface area contributed by atoms with Gasteiger partial charge in [-0.3, -0.25) is 9.20 Å². The number of thioether (sulfide) groups is 1. The molecule has 0 bridgehead atoms. The molecule has 0 unspecified atom stereocenters. The number of hydrogen-bond acceptors (Lipinski definition) is 6. The number of amides is 1. The summed E-state index contributed by atoms with van der Waals surface area (Å²) in [4.78, 5) is 14.4. The van der Waals surface area contributed by atoms with E-state index in [1.807, 2.05) is 0 Å². The van der Waals surface area contributed by atoms with Crippen molar-refractivity contribution in [1.82, 2.24) is 19.5 Å². The zero-order valence-corrected chi connectivity index (χ0v) is 17.9. The van der Waals surface area contributed by atoms with Crippen LogP contribution in [0.3, 0.4) is 0 Å². The van der Waals surface area contributed by atoms with Gasteiger partial charge in [0.2, 0.25) is 5.91 Å². The van der Waals surface area contributed by atoms with Crippen LogP contribution >= 0.6 is 23.4 Å². The molecule has 1 fully saturated rings. The lowest BCUT2D eigenvalue weighted by molar-refractivity contribution is -0.138. The lowest BCUT2D eigenvalue weighted by Gasteiger charge is -2.29. The van der Waals surface area contributed by atoms with Gasteiger partial charge < -0.3 is 4.90 Å². The van der Waals surface area contributed by atoms with Crippen LogP contribution in [0.15, 0.2) is 17.4 Å². The first-order valence-corrected chi connectivity index (χ1v) is 11.8. The van der Waals surface area contributed by atoms with E-state index in [1.165, 1.54) is 4.90 Å². The van der Waals surface area contributed by atoms with Crippen LogP contribution in [0.4, 0.5) is 13.2 Å². The third kappa shape index (κ3) is 4.64. The summed E-state index contributed by atoms with van der Waals surface area (Å²) in [7, 11) is -3.16. The molecule has 7 nitrogen and oxygen atoms in total. The first-order chi connectivity index (χ1) is 13.4. The van der Waals surface area contributed by atoms with Crippen molar-refractivity contribution in [2.24, 2.45) is 0 Å². The van der Waals surface area contributed by atoms with Crippen LogP contribution < -0.4 is 0 Å². The largest absolute Gasteiger partial charge is 0.417 e. The average Bonchev–Trinajstić information content (AvgIpc) is 3.18. The van der Waals surface area contributed by atoms with Crippen molar-refractivity contribution in [3.05, 3.63) is 22.8 Å². The van der Waals surface area contributed by atoms with Gasteiger partial charge in [-0.05, 0) is 26.3 Å². The van der Waals surface area contributed by atoms with E-state index in [-0.39, 0.29) is 33.2 Å². The number of carbonyl (C=O) groups is 1. The zero-order chi connectivity index (χ0) is 21.6. The third-order valence-corrected chi connectivity index (χ3v) is 7.73. The molecular formula is C16H18ClF3N4O3S2. The maximum Gasteiger partial charge on any atom is 0.417 e. The lowest BCUT2D eigenvalue weighted by Crippen LogP contribution is -2.44. The van der Waals surface area contributed by atoms with E-state index in [1.54, 1.807) is 13.8 Å². The van der Waals surface area contributed by atoms with E-state index in [0.29, 0.717) is 13.0 Å². The minimum Gasteiger partial charge on any atom is -0.338 e. The number of sulfone groups is 1. The van der Waals surface area contributed by atoms with Gasteiger partial charge in [-0.15, -0.1) is 10.2 Å². The van der Waals surface area contributed by atoms with Gasteiger partial charge >= 0.3 is 6.18 Å². The van der Waals surface area contributed by atoms with Gasteiger partial charge in [0.1, 0.15) is 0 Å². The highest BCUT2D eigenvalue weighted by atomic mass is 35.5. The van der Waals surface area contributed by atoms with Crippen LogP contribution in [0, 0.1) is 0 Å². The Kier molecular flexibility index (Phi) is 6.08. The first-order valence-electron chi connectivity index (χ1n) is 8.72. The fourth-order valence-corrected chi connectivity index (χ4v) is 6.10. The molecule has 0 radical (unpaired) electrons. The van der Waals surface area contributed by atoms with E-state index >= 15 is 0 Å². The second-order valence-corrected chi connectivity index (χ2v) is 10.6. The van der Waals surface area contributed by atoms with Gasteiger partial charge in [0.25, 0.3) is 0 Å². The maximum atomic E-state index is 13.1. The molecule has 160 valence electrons. The van der Waals surface area contributed by atoms with Crippen LogP contribution in [0.1, 0.15) is 25.8 Å². The molecule has 1 aliphatic rings. The summed E-state index contributed by atoms with van der Waals surface area (Å²) in [6.07, 6.45) is -3.39. The van der Waals surface area contributed by atoms with E-state index < -0.39 is 32.9 Å². The van der Waals surface area contributed by atoms with Gasteiger partial charge in [-0.1, -0.05) is 23.4 Å². The predicted octanol–water partition coefficient (Wildman–Crippen LogP) is 2.92. The molecule has 3 heterocycles. The van der Waals surface area contributed by atoms with Crippen molar-refractivity contribution in [3.63, 3.8) is 0 Å². The fourth-order valence-electron chi connectivity index (χ4n) is 3.23. The van der Waals surface area contributed by atoms with Crippen molar-refractivity contribution >= 4 is 44.8 Å². The lowest BCUT2D eigenvalue weighted by atomic mass is 10.2. The number of halogens is 4. The molecule has 0 aromatic carbocycles. The predicted molar refractivity (Wildman–Crippen MR) is 103 cm³/mol. The second-order valence-electron chi connectivity index (χ2n) is 6.69. The summed E-state index contributed by atoms with van der Waals surface area (Å²) < 4.78 is 63.8. The molecule has 2 aromatic heterocycles. The highest BCUT2D eigenvalue weighted by molar-refractivity contribution is 8.00. The highest BCUT2D eigenvalue weighted by Gasteiger charge is 2.36. The van der Waals surface area contributed by atoms with E-state index in [4.69, 9.17) is 11.6 Å². The van der Waals surface area contributed by atoms with Gasteiger partial charge in [-0.25, -0.2) is 8.42 Å². The molecule has 13 heteroatoms. The summed E-state index contributed by atoms with van der Waals surface area (Å²) in [5.74, 6) is -0.353. The molecule has 0 aliphatic carbocycles. The van der Waals surface area contributed by atoms with Crippen molar-refractivity contribution in [1.29, 1.82) is 0 Å². The fraction of sp³-hybridized carbons (Fsp3) is 0.562. The molecule has 2 aromatic rings. The van der Waals surface area contributed by atoms with Crippen LogP contribution in [0.25, 0.3) is 5.65 Å². The van der Waals surface area contributed by atoms with Gasteiger partial charge in [-0.2, -0.15) is 13.2 Å². The first kappa shape index (κ1) is 22.2. The topological polar surface area (TPSA) is 84.6 Å². The Hall–Kier alpha value is -1.53. The summed E-state index contributed by atoms with van der Waals surface area (Å²) in [5, 5.41) is 6.84. The highest BCUT2D eigenvalue weighted by Crippen LogP contribution is 2.34. The summed E-state index contributed by atoms with van der Waals surface area (Å²) >= 11 is 6.84. The number of carbonyl (C=O) groups excluding carboxylic acids is 1. The Morgan fingerprint density at radius 3 is 2.69 bits per heavy atom. The number of nitrogens with zero attached hydrogens (tertiary/aromatic N) is 4. The molecule has 2 atom stereocenters. The number of hydrogen-bond donors (Lipinski definition) is 0. The average molecular weight is 471 g/mol. The normalized spacial score (nSPS) is 20.1. The Labute approximate surface area is 174 Å². The van der Waals surface area contributed by atoms with Crippen LogP contribution in [-0.4, -0.2) is 63.2 Å². The van der Waals surface area contributed by atoms with Crippen molar-refractivity contribution in [2.75, 3.05) is 18.1 Å². The van der Waals surface area contributed by atoms with E-state index in [9.17, 15) is 26.4 Å². The number of alkyl halides is 3. The molecule has 0 spiro atoms. The molecule has 3 rings (SSSR count). The molecule has 1 saturated heterocycles. The zero-order valence-electron chi connectivity index (χ0n) is 15.5. The maximum absolute atomic E-state index is 13.1. The summed E-state index contributed by atoms with van der Waals surface area (Å²) in [6, 6.07) is 0.371. The monoisotopic (exact) mass is 470 g/mol. The summed E-state index contributed by atoms with van der Waals surface area (Å²) in [6.45, 7) is 3.67. The van der Waals surface area contributed by atoms with E-state index in [2.05, 4.69) is 10.2 Å². The van der Waals surface area contributed by atoms with Crippen molar-refractivity contribution in [3.8, 4) is 0 Å². The molecule has 29 heavy (non-hydrogen) atoms. The minimum atomic E-state index is -4.60. The minimum absolute atomic E-state index is 0.0382.